The maximum Gasteiger partial charge on any atom is 0.333 e. The standard InChI is InChI=1S/C20H16ClFN4O4/c1-2-30-17(27)11-25-18(28)19(29)26-16-6-4-3-5-15(16)24(20(26)23-25)10-12-7-8-13(21)9-14(12)22/h3-9H,2,10-11H2,1H3. The second-order valence-corrected chi connectivity index (χ2v) is 6.96. The zero-order valence-corrected chi connectivity index (χ0v) is 16.6. The van der Waals surface area contributed by atoms with Crippen molar-refractivity contribution < 1.29 is 13.9 Å². The van der Waals surface area contributed by atoms with Crippen LogP contribution in [0.1, 0.15) is 12.5 Å². The van der Waals surface area contributed by atoms with Gasteiger partial charge in [0.1, 0.15) is 12.4 Å². The van der Waals surface area contributed by atoms with Crippen molar-refractivity contribution in [2.75, 3.05) is 6.61 Å². The minimum atomic E-state index is -0.957. The highest BCUT2D eigenvalue weighted by Gasteiger charge is 2.19. The molecule has 4 rings (SSSR count). The molecule has 0 fully saturated rings. The fourth-order valence-electron chi connectivity index (χ4n) is 3.29. The summed E-state index contributed by atoms with van der Waals surface area (Å²) in [4.78, 5) is 37.2. The molecule has 0 bridgehead atoms. The van der Waals surface area contributed by atoms with Gasteiger partial charge in [-0.05, 0) is 31.2 Å². The van der Waals surface area contributed by atoms with Crippen LogP contribution in [0.15, 0.2) is 52.1 Å². The highest BCUT2D eigenvalue weighted by Crippen LogP contribution is 2.21. The van der Waals surface area contributed by atoms with Gasteiger partial charge in [0, 0.05) is 10.6 Å². The molecule has 2 aromatic carbocycles. The van der Waals surface area contributed by atoms with E-state index >= 15 is 0 Å². The van der Waals surface area contributed by atoms with Crippen molar-refractivity contribution in [3.05, 3.63) is 79.6 Å². The van der Waals surface area contributed by atoms with Crippen LogP contribution < -0.4 is 11.1 Å². The van der Waals surface area contributed by atoms with Crippen LogP contribution in [0.2, 0.25) is 5.02 Å². The minimum Gasteiger partial charge on any atom is -0.465 e. The molecule has 0 aliphatic rings. The number of hydrogen-bond donors (Lipinski definition) is 0. The van der Waals surface area contributed by atoms with Gasteiger partial charge in [-0.15, -0.1) is 5.10 Å². The first kappa shape index (κ1) is 19.8. The average molecular weight is 431 g/mol. The Labute approximate surface area is 173 Å². The maximum atomic E-state index is 14.4. The van der Waals surface area contributed by atoms with E-state index in [2.05, 4.69) is 5.10 Å². The Morgan fingerprint density at radius 1 is 1.13 bits per heavy atom. The molecule has 0 atom stereocenters. The summed E-state index contributed by atoms with van der Waals surface area (Å²) < 4.78 is 22.8. The molecular formula is C20H16ClFN4O4. The van der Waals surface area contributed by atoms with Crippen LogP contribution in [0.4, 0.5) is 4.39 Å². The van der Waals surface area contributed by atoms with Crippen LogP contribution in [0.3, 0.4) is 0 Å². The van der Waals surface area contributed by atoms with Gasteiger partial charge >= 0.3 is 17.1 Å². The third kappa shape index (κ3) is 3.37. The third-order valence-electron chi connectivity index (χ3n) is 4.61. The fraction of sp³-hybridized carbons (Fsp3) is 0.200. The van der Waals surface area contributed by atoms with Crippen molar-refractivity contribution in [2.24, 2.45) is 0 Å². The van der Waals surface area contributed by atoms with Gasteiger partial charge in [0.15, 0.2) is 0 Å². The molecule has 0 saturated carbocycles. The van der Waals surface area contributed by atoms with E-state index in [1.807, 2.05) is 0 Å². The number of nitrogens with zero attached hydrogens (tertiary/aromatic N) is 4. The molecule has 0 unspecified atom stereocenters. The van der Waals surface area contributed by atoms with Crippen molar-refractivity contribution in [3.8, 4) is 0 Å². The van der Waals surface area contributed by atoms with E-state index < -0.39 is 29.4 Å². The summed E-state index contributed by atoms with van der Waals surface area (Å²) in [5, 5.41) is 4.48. The Morgan fingerprint density at radius 3 is 2.57 bits per heavy atom. The van der Waals surface area contributed by atoms with Gasteiger partial charge in [-0.2, -0.15) is 0 Å². The SMILES string of the molecule is CCOC(=O)Cn1nc2n(Cc3ccc(Cl)cc3F)c3ccccc3n2c(=O)c1=O. The van der Waals surface area contributed by atoms with E-state index in [0.29, 0.717) is 16.6 Å². The van der Waals surface area contributed by atoms with Crippen molar-refractivity contribution in [1.82, 2.24) is 18.7 Å². The number of imidazole rings is 1. The summed E-state index contributed by atoms with van der Waals surface area (Å²) in [7, 11) is 0. The Hall–Kier alpha value is -3.46. The van der Waals surface area contributed by atoms with Crippen LogP contribution in [-0.2, 0) is 22.6 Å². The minimum absolute atomic E-state index is 0.0318. The van der Waals surface area contributed by atoms with Crippen molar-refractivity contribution in [1.29, 1.82) is 0 Å². The molecule has 0 N–H and O–H groups in total. The molecule has 0 radical (unpaired) electrons. The van der Waals surface area contributed by atoms with Crippen LogP contribution in [0, 0.1) is 5.82 Å². The summed E-state index contributed by atoms with van der Waals surface area (Å²) in [6.45, 7) is 1.29. The third-order valence-corrected chi connectivity index (χ3v) is 4.85. The van der Waals surface area contributed by atoms with Gasteiger partial charge in [0.05, 0.1) is 24.2 Å². The summed E-state index contributed by atoms with van der Waals surface area (Å²) in [5.74, 6) is -1.11. The first-order valence-corrected chi connectivity index (χ1v) is 9.49. The molecule has 0 amide bonds. The molecule has 154 valence electrons. The quantitative estimate of drug-likeness (QED) is 0.358. The fourth-order valence-corrected chi connectivity index (χ4v) is 3.45. The largest absolute Gasteiger partial charge is 0.465 e. The van der Waals surface area contributed by atoms with E-state index in [0.717, 1.165) is 9.08 Å². The highest BCUT2D eigenvalue weighted by atomic mass is 35.5. The predicted octanol–water partition coefficient (Wildman–Crippen LogP) is 2.21. The summed E-state index contributed by atoms with van der Waals surface area (Å²) in [5.41, 5.74) is -0.485. The number of ether oxygens (including phenoxy) is 1. The average Bonchev–Trinajstić information content (AvgIpc) is 3.01. The van der Waals surface area contributed by atoms with Crippen LogP contribution in [0.25, 0.3) is 16.8 Å². The number of para-hydroxylation sites is 2. The smallest absolute Gasteiger partial charge is 0.333 e. The Morgan fingerprint density at radius 2 is 1.87 bits per heavy atom. The number of halogens is 2. The molecule has 0 spiro atoms. The zero-order valence-electron chi connectivity index (χ0n) is 15.8. The second-order valence-electron chi connectivity index (χ2n) is 6.52. The van der Waals surface area contributed by atoms with Crippen LogP contribution in [-0.4, -0.2) is 31.3 Å². The summed E-state index contributed by atoms with van der Waals surface area (Å²) in [6.07, 6.45) is 0. The van der Waals surface area contributed by atoms with Crippen LogP contribution >= 0.6 is 11.6 Å². The Bertz CT molecular complexity index is 1410. The normalized spacial score (nSPS) is 11.3. The van der Waals surface area contributed by atoms with E-state index in [1.165, 1.54) is 12.1 Å². The highest BCUT2D eigenvalue weighted by molar-refractivity contribution is 6.30. The van der Waals surface area contributed by atoms with E-state index in [9.17, 15) is 18.8 Å². The summed E-state index contributed by atoms with van der Waals surface area (Å²) in [6, 6.07) is 11.2. The number of hydrogen-bond acceptors (Lipinski definition) is 5. The lowest BCUT2D eigenvalue weighted by atomic mass is 10.2. The number of aromatic nitrogens is 4. The molecule has 4 aromatic rings. The van der Waals surface area contributed by atoms with Crippen molar-refractivity contribution >= 4 is 34.4 Å². The van der Waals surface area contributed by atoms with Crippen molar-refractivity contribution in [2.45, 2.75) is 20.0 Å². The predicted molar refractivity (Wildman–Crippen MR) is 108 cm³/mol. The molecule has 0 saturated heterocycles. The lowest BCUT2D eigenvalue weighted by Crippen LogP contribution is -2.42. The number of benzene rings is 2. The van der Waals surface area contributed by atoms with Gasteiger partial charge in [0.25, 0.3) is 0 Å². The van der Waals surface area contributed by atoms with Crippen molar-refractivity contribution in [3.63, 3.8) is 0 Å². The number of esters is 1. The number of rotatable bonds is 5. The van der Waals surface area contributed by atoms with Gasteiger partial charge < -0.3 is 9.30 Å². The van der Waals surface area contributed by atoms with Gasteiger partial charge in [-0.1, -0.05) is 29.8 Å². The van der Waals surface area contributed by atoms with Crippen LogP contribution in [0.5, 0.6) is 0 Å². The summed E-state index contributed by atoms with van der Waals surface area (Å²) >= 11 is 5.84. The van der Waals surface area contributed by atoms with Gasteiger partial charge in [0.2, 0.25) is 5.78 Å². The first-order chi connectivity index (χ1) is 14.4. The first-order valence-electron chi connectivity index (χ1n) is 9.11. The molecule has 10 heteroatoms. The van der Waals surface area contributed by atoms with Gasteiger partial charge in [-0.25, -0.2) is 13.5 Å². The lowest BCUT2D eigenvalue weighted by Gasteiger charge is -2.09. The van der Waals surface area contributed by atoms with E-state index in [4.69, 9.17) is 16.3 Å². The second kappa shape index (κ2) is 7.75. The maximum absolute atomic E-state index is 14.4. The molecule has 30 heavy (non-hydrogen) atoms. The molecule has 0 aliphatic carbocycles. The number of carbonyl (C=O) groups is 1. The molecule has 2 heterocycles. The molecule has 2 aromatic heterocycles. The van der Waals surface area contributed by atoms with E-state index in [-0.39, 0.29) is 24.0 Å². The van der Waals surface area contributed by atoms with Gasteiger partial charge in [-0.3, -0.25) is 14.4 Å². The monoisotopic (exact) mass is 430 g/mol. The zero-order chi connectivity index (χ0) is 21.4. The molecule has 0 aliphatic heterocycles. The van der Waals surface area contributed by atoms with E-state index in [1.54, 1.807) is 41.8 Å². The topological polar surface area (TPSA) is 87.6 Å². The Balaban J connectivity index is 1.97. The molecule has 8 nitrogen and oxygen atoms in total. The lowest BCUT2D eigenvalue weighted by molar-refractivity contribution is -0.144. The number of fused-ring (bicyclic) bond motifs is 3. The Kier molecular flexibility index (Phi) is 5.13. The molecular weight excluding hydrogens is 415 g/mol. The number of carbonyl (C=O) groups excluding carboxylic acids is 1.